The third-order valence-corrected chi connectivity index (χ3v) is 5.13. The second-order valence-corrected chi connectivity index (χ2v) is 6.96. The fraction of sp³-hybridized carbons (Fsp3) is 0.579. The molecule has 0 spiro atoms. The van der Waals surface area contributed by atoms with Crippen molar-refractivity contribution >= 4 is 17.1 Å². The predicted molar refractivity (Wildman–Crippen MR) is 94.5 cm³/mol. The van der Waals surface area contributed by atoms with Gasteiger partial charge in [0.05, 0.1) is 12.0 Å². The number of nitrogens with zero attached hydrogens (tertiary/aromatic N) is 2. The van der Waals surface area contributed by atoms with E-state index in [4.69, 9.17) is 9.15 Å². The van der Waals surface area contributed by atoms with Crippen molar-refractivity contribution < 1.29 is 13.9 Å². The quantitative estimate of drug-likeness (QED) is 0.925. The van der Waals surface area contributed by atoms with Crippen LogP contribution < -0.4 is 5.32 Å². The van der Waals surface area contributed by atoms with Crippen molar-refractivity contribution in [1.29, 1.82) is 0 Å². The fourth-order valence-electron chi connectivity index (χ4n) is 3.75. The molecule has 2 atom stereocenters. The van der Waals surface area contributed by atoms with Crippen molar-refractivity contribution in [3.05, 3.63) is 30.2 Å². The molecule has 4 rings (SSSR count). The van der Waals surface area contributed by atoms with E-state index in [1.165, 1.54) is 0 Å². The van der Waals surface area contributed by atoms with Crippen molar-refractivity contribution in [1.82, 2.24) is 15.2 Å². The molecule has 1 aromatic carbocycles. The van der Waals surface area contributed by atoms with E-state index in [1.54, 1.807) is 0 Å². The molecule has 2 fully saturated rings. The predicted octanol–water partition coefficient (Wildman–Crippen LogP) is 3.29. The number of hydrogen-bond acceptors (Lipinski definition) is 4. The minimum absolute atomic E-state index is 0.0128. The lowest BCUT2D eigenvalue weighted by atomic mass is 9.98. The smallest absolute Gasteiger partial charge is 0.317 e. The number of oxazole rings is 1. The Bertz CT molecular complexity index is 691. The van der Waals surface area contributed by atoms with Gasteiger partial charge >= 0.3 is 6.03 Å². The number of carbonyl (C=O) groups is 1. The van der Waals surface area contributed by atoms with Crippen LogP contribution in [0.3, 0.4) is 0 Å². The highest BCUT2D eigenvalue weighted by Crippen LogP contribution is 2.29. The van der Waals surface area contributed by atoms with Crippen LogP contribution in [-0.4, -0.2) is 48.3 Å². The Labute approximate surface area is 147 Å². The zero-order chi connectivity index (χ0) is 17.1. The number of aromatic nitrogens is 1. The Kier molecular flexibility index (Phi) is 4.88. The fourth-order valence-corrected chi connectivity index (χ4v) is 3.75. The van der Waals surface area contributed by atoms with E-state index in [0.29, 0.717) is 19.2 Å². The zero-order valence-corrected chi connectivity index (χ0v) is 14.4. The third-order valence-electron chi connectivity index (χ3n) is 5.13. The summed E-state index contributed by atoms with van der Waals surface area (Å²) in [5.41, 5.74) is 1.70. The maximum atomic E-state index is 12.4. The van der Waals surface area contributed by atoms with Crippen LogP contribution >= 0.6 is 0 Å². The number of para-hydroxylation sites is 2. The molecule has 2 aromatic rings. The van der Waals surface area contributed by atoms with Crippen molar-refractivity contribution in [2.24, 2.45) is 0 Å². The van der Waals surface area contributed by atoms with E-state index in [0.717, 1.165) is 62.2 Å². The van der Waals surface area contributed by atoms with E-state index in [2.05, 4.69) is 10.3 Å². The topological polar surface area (TPSA) is 67.6 Å². The number of carbonyl (C=O) groups excluding carboxylic acids is 1. The van der Waals surface area contributed by atoms with Crippen molar-refractivity contribution in [2.75, 3.05) is 26.2 Å². The molecule has 2 aliphatic rings. The summed E-state index contributed by atoms with van der Waals surface area (Å²) in [7, 11) is 0. The van der Waals surface area contributed by atoms with Crippen LogP contribution in [0.15, 0.2) is 28.7 Å². The van der Waals surface area contributed by atoms with Gasteiger partial charge in [-0.05, 0) is 44.2 Å². The van der Waals surface area contributed by atoms with Crippen molar-refractivity contribution in [3.8, 4) is 0 Å². The van der Waals surface area contributed by atoms with Gasteiger partial charge in [0.15, 0.2) is 11.5 Å². The molecule has 0 saturated carbocycles. The lowest BCUT2D eigenvalue weighted by Gasteiger charge is -2.31. The Morgan fingerprint density at radius 3 is 3.04 bits per heavy atom. The average Bonchev–Trinajstić information content (AvgIpc) is 3.31. The molecule has 2 aliphatic heterocycles. The molecule has 1 N–H and O–H groups in total. The number of fused-ring (bicyclic) bond motifs is 1. The molecule has 6 heteroatoms. The van der Waals surface area contributed by atoms with Crippen LogP contribution in [0, 0.1) is 0 Å². The minimum atomic E-state index is 0.0128. The van der Waals surface area contributed by atoms with E-state index in [9.17, 15) is 4.79 Å². The lowest BCUT2D eigenvalue weighted by molar-refractivity contribution is 0.104. The summed E-state index contributed by atoms with van der Waals surface area (Å²) in [6.45, 7) is 2.99. The highest BCUT2D eigenvalue weighted by atomic mass is 16.5. The Hall–Kier alpha value is -2.08. The molecule has 0 unspecified atom stereocenters. The van der Waals surface area contributed by atoms with Gasteiger partial charge in [0.2, 0.25) is 0 Å². The van der Waals surface area contributed by atoms with Gasteiger partial charge in [-0.2, -0.15) is 0 Å². The van der Waals surface area contributed by atoms with Crippen LogP contribution in [0.4, 0.5) is 4.79 Å². The van der Waals surface area contributed by atoms with Crippen LogP contribution in [0.25, 0.3) is 11.1 Å². The first kappa shape index (κ1) is 16.4. The largest absolute Gasteiger partial charge is 0.440 e. The number of urea groups is 1. The van der Waals surface area contributed by atoms with Gasteiger partial charge in [-0.3, -0.25) is 0 Å². The molecule has 25 heavy (non-hydrogen) atoms. The second-order valence-electron chi connectivity index (χ2n) is 6.96. The Morgan fingerprint density at radius 2 is 2.20 bits per heavy atom. The number of amides is 2. The zero-order valence-electron chi connectivity index (χ0n) is 14.4. The molecule has 2 amide bonds. The summed E-state index contributed by atoms with van der Waals surface area (Å²) in [6.07, 6.45) is 5.44. The minimum Gasteiger partial charge on any atom is -0.440 e. The Balaban J connectivity index is 1.32. The van der Waals surface area contributed by atoms with E-state index in [1.807, 2.05) is 29.2 Å². The maximum Gasteiger partial charge on any atom is 0.317 e. The number of ether oxygens (including phenoxy) is 1. The number of rotatable bonds is 4. The number of benzene rings is 1. The molecule has 0 radical (unpaired) electrons. The molecule has 3 heterocycles. The second kappa shape index (κ2) is 7.44. The van der Waals surface area contributed by atoms with Gasteiger partial charge in [0, 0.05) is 26.2 Å². The van der Waals surface area contributed by atoms with Gasteiger partial charge < -0.3 is 19.4 Å². The number of likely N-dealkylation sites (tertiary alicyclic amines) is 1. The van der Waals surface area contributed by atoms with Gasteiger partial charge in [-0.1, -0.05) is 12.1 Å². The number of nitrogens with one attached hydrogen (secondary N) is 1. The van der Waals surface area contributed by atoms with Gasteiger partial charge in [-0.25, -0.2) is 9.78 Å². The summed E-state index contributed by atoms with van der Waals surface area (Å²) in [6, 6.07) is 7.82. The molecule has 2 saturated heterocycles. The van der Waals surface area contributed by atoms with Gasteiger partial charge in [0.1, 0.15) is 5.52 Å². The highest BCUT2D eigenvalue weighted by molar-refractivity contribution is 5.74. The highest BCUT2D eigenvalue weighted by Gasteiger charge is 2.28. The normalized spacial score (nSPS) is 23.9. The molecule has 6 nitrogen and oxygen atoms in total. The first-order valence-electron chi connectivity index (χ1n) is 9.29. The van der Waals surface area contributed by atoms with E-state index in [-0.39, 0.29) is 11.9 Å². The summed E-state index contributed by atoms with van der Waals surface area (Å²) in [4.78, 5) is 18.9. The number of hydrogen-bond donors (Lipinski definition) is 1. The van der Waals surface area contributed by atoms with Crippen molar-refractivity contribution in [3.63, 3.8) is 0 Å². The van der Waals surface area contributed by atoms with Crippen LogP contribution in [-0.2, 0) is 4.74 Å². The maximum absolute atomic E-state index is 12.4. The monoisotopic (exact) mass is 343 g/mol. The van der Waals surface area contributed by atoms with E-state index >= 15 is 0 Å². The third kappa shape index (κ3) is 3.79. The molecular weight excluding hydrogens is 318 g/mol. The van der Waals surface area contributed by atoms with Crippen LogP contribution in [0.2, 0.25) is 0 Å². The lowest BCUT2D eigenvalue weighted by Crippen LogP contribution is -2.45. The first-order valence-corrected chi connectivity index (χ1v) is 9.29. The summed E-state index contributed by atoms with van der Waals surface area (Å²) >= 11 is 0. The molecule has 1 aromatic heterocycles. The summed E-state index contributed by atoms with van der Waals surface area (Å²) in [5, 5.41) is 3.03. The van der Waals surface area contributed by atoms with Crippen LogP contribution in [0.1, 0.15) is 43.9 Å². The Morgan fingerprint density at radius 1 is 1.28 bits per heavy atom. The number of piperidine rings is 1. The van der Waals surface area contributed by atoms with Crippen LogP contribution in [0.5, 0.6) is 0 Å². The average molecular weight is 343 g/mol. The molecular formula is C19H25N3O3. The van der Waals surface area contributed by atoms with Gasteiger partial charge in [-0.15, -0.1) is 0 Å². The molecule has 0 bridgehead atoms. The summed E-state index contributed by atoms with van der Waals surface area (Å²) < 4.78 is 11.5. The molecule has 134 valence electrons. The molecule has 0 aliphatic carbocycles. The SMILES string of the molecule is O=C(NCC[C@H]1CCCO1)N1CCC[C@H](c2nc3ccccc3o2)C1. The van der Waals surface area contributed by atoms with Gasteiger partial charge in [0.25, 0.3) is 0 Å². The first-order chi connectivity index (χ1) is 12.3. The van der Waals surface area contributed by atoms with E-state index < -0.39 is 0 Å². The summed E-state index contributed by atoms with van der Waals surface area (Å²) in [5.74, 6) is 0.920. The van der Waals surface area contributed by atoms with Crippen molar-refractivity contribution in [2.45, 2.75) is 44.1 Å². The standard InChI is InChI=1S/C19H25N3O3/c23-19(20-10-9-15-6-4-12-24-15)22-11-3-5-14(13-22)18-21-16-7-1-2-8-17(16)25-18/h1-2,7-8,14-15H,3-6,9-13H2,(H,20,23)/t14-,15+/m0/s1.